The van der Waals surface area contributed by atoms with E-state index >= 15 is 0 Å². The van der Waals surface area contributed by atoms with Gasteiger partial charge in [-0.15, -0.1) is 0 Å². The van der Waals surface area contributed by atoms with Crippen molar-refractivity contribution >= 4 is 23.0 Å². The van der Waals surface area contributed by atoms with Gasteiger partial charge >= 0.3 is 136 Å². The Kier molecular flexibility index (Phi) is 13.0. The van der Waals surface area contributed by atoms with Crippen LogP contribution in [-0.2, 0) is 0 Å². The van der Waals surface area contributed by atoms with E-state index in [0.717, 1.165) is 3.86 Å². The van der Waals surface area contributed by atoms with Crippen molar-refractivity contribution in [3.05, 3.63) is 0 Å². The average Bonchev–Trinajstić information content (AvgIpc) is 2.41. The van der Waals surface area contributed by atoms with E-state index in [-0.39, 0.29) is 0 Å². The Morgan fingerprint density at radius 1 is 0.368 bits per heavy atom. The molecule has 1 heteroatoms. The van der Waals surface area contributed by atoms with Gasteiger partial charge in [-0.2, -0.15) is 0 Å². The molecule has 0 bridgehead atoms. The Morgan fingerprint density at radius 3 is 0.842 bits per heavy atom. The standard InChI is InChI=1S/C18H35.Sb/c1-2-4-6-8-10-12-14-16-18-17-15-13-11-9-7-5-3-1;/h1H,2-18H2;. The van der Waals surface area contributed by atoms with Crippen LogP contribution in [0.5, 0.6) is 0 Å². The fraction of sp³-hybridized carbons (Fsp3) is 1.00. The van der Waals surface area contributed by atoms with Gasteiger partial charge in [0.15, 0.2) is 0 Å². The van der Waals surface area contributed by atoms with Crippen molar-refractivity contribution < 1.29 is 0 Å². The van der Waals surface area contributed by atoms with Gasteiger partial charge in [-0.05, 0) is 0 Å². The van der Waals surface area contributed by atoms with Crippen molar-refractivity contribution in [2.45, 2.75) is 113 Å². The maximum absolute atomic E-state index is 2.10. The van der Waals surface area contributed by atoms with Crippen LogP contribution >= 0.6 is 0 Å². The fourth-order valence-corrected chi connectivity index (χ4v) is 4.24. The third-order valence-electron chi connectivity index (χ3n) is 4.57. The Bertz CT molecular complexity index is 161. The quantitative estimate of drug-likeness (QED) is 0.420. The summed E-state index contributed by atoms with van der Waals surface area (Å²) in [5.41, 5.74) is 0. The summed E-state index contributed by atoms with van der Waals surface area (Å²) < 4.78 is 1.04. The molecule has 2 radical (unpaired) electrons. The molecule has 112 valence electrons. The van der Waals surface area contributed by atoms with Crippen LogP contribution in [0.4, 0.5) is 0 Å². The SMILES string of the molecule is [Sb][CH]1CCCCCCCCCCCCCCCCC1. The second kappa shape index (κ2) is 13.8. The van der Waals surface area contributed by atoms with Gasteiger partial charge in [0.25, 0.3) is 0 Å². The van der Waals surface area contributed by atoms with E-state index in [2.05, 4.69) is 23.0 Å². The monoisotopic (exact) mass is 372 g/mol. The molecule has 0 nitrogen and oxygen atoms in total. The van der Waals surface area contributed by atoms with Gasteiger partial charge in [-0.1, -0.05) is 0 Å². The molecule has 0 heterocycles. The van der Waals surface area contributed by atoms with E-state index in [9.17, 15) is 0 Å². The van der Waals surface area contributed by atoms with E-state index in [0.29, 0.717) is 0 Å². The van der Waals surface area contributed by atoms with E-state index in [1.54, 1.807) is 0 Å². The summed E-state index contributed by atoms with van der Waals surface area (Å²) >= 11 is 2.10. The van der Waals surface area contributed by atoms with Gasteiger partial charge in [0.2, 0.25) is 0 Å². The predicted molar refractivity (Wildman–Crippen MR) is 88.0 cm³/mol. The minimum atomic E-state index is 1.04. The molecular formula is C18H35Sb. The van der Waals surface area contributed by atoms with Gasteiger partial charge in [0.05, 0.1) is 0 Å². The van der Waals surface area contributed by atoms with E-state index in [4.69, 9.17) is 0 Å². The molecule has 1 saturated carbocycles. The first-order valence-electron chi connectivity index (χ1n) is 9.07. The summed E-state index contributed by atoms with van der Waals surface area (Å²) in [5, 5.41) is 0. The Hall–Kier alpha value is 0.818. The van der Waals surface area contributed by atoms with Crippen LogP contribution in [-0.4, -0.2) is 23.0 Å². The van der Waals surface area contributed by atoms with Crippen LogP contribution in [0.2, 0.25) is 3.86 Å². The number of hydrogen-bond acceptors (Lipinski definition) is 0. The van der Waals surface area contributed by atoms with Crippen LogP contribution < -0.4 is 0 Å². The molecule has 0 atom stereocenters. The summed E-state index contributed by atoms with van der Waals surface area (Å²) in [4.78, 5) is 0. The molecule has 1 rings (SSSR count). The Balaban J connectivity index is 2.08. The van der Waals surface area contributed by atoms with Crippen molar-refractivity contribution in [2.75, 3.05) is 0 Å². The van der Waals surface area contributed by atoms with Crippen LogP contribution in [0.15, 0.2) is 0 Å². The predicted octanol–water partition coefficient (Wildman–Crippen LogP) is 6.59. The van der Waals surface area contributed by atoms with Crippen molar-refractivity contribution in [2.24, 2.45) is 0 Å². The summed E-state index contributed by atoms with van der Waals surface area (Å²) in [6.45, 7) is 0. The summed E-state index contributed by atoms with van der Waals surface area (Å²) in [5.74, 6) is 0. The minimum absolute atomic E-state index is 1.04. The summed E-state index contributed by atoms with van der Waals surface area (Å²) in [7, 11) is 0. The number of rotatable bonds is 0. The molecule has 0 aromatic rings. The maximum atomic E-state index is 2.10. The zero-order valence-electron chi connectivity index (χ0n) is 13.0. The summed E-state index contributed by atoms with van der Waals surface area (Å²) in [6.07, 6.45) is 25.5. The summed E-state index contributed by atoms with van der Waals surface area (Å²) in [6, 6.07) is 0. The topological polar surface area (TPSA) is 0 Å². The molecule has 0 N–H and O–H groups in total. The molecule has 0 spiro atoms. The van der Waals surface area contributed by atoms with E-state index in [1.807, 2.05) is 0 Å². The molecule has 19 heavy (non-hydrogen) atoms. The van der Waals surface area contributed by atoms with E-state index in [1.165, 1.54) is 109 Å². The van der Waals surface area contributed by atoms with Gasteiger partial charge in [0.1, 0.15) is 0 Å². The van der Waals surface area contributed by atoms with Gasteiger partial charge in [-0.25, -0.2) is 0 Å². The van der Waals surface area contributed by atoms with Crippen LogP contribution in [0, 0.1) is 0 Å². The molecule has 1 aliphatic rings. The van der Waals surface area contributed by atoms with Crippen LogP contribution in [0.3, 0.4) is 0 Å². The Labute approximate surface area is 136 Å². The Morgan fingerprint density at radius 2 is 0.579 bits per heavy atom. The van der Waals surface area contributed by atoms with Crippen molar-refractivity contribution in [3.8, 4) is 0 Å². The first-order valence-corrected chi connectivity index (χ1v) is 10.5. The molecule has 1 aliphatic carbocycles. The third kappa shape index (κ3) is 12.3. The fourth-order valence-electron chi connectivity index (χ4n) is 3.20. The second-order valence-electron chi connectivity index (χ2n) is 6.53. The molecular weight excluding hydrogens is 338 g/mol. The molecule has 0 aliphatic heterocycles. The first kappa shape index (κ1) is 17.9. The number of hydrogen-bond donors (Lipinski definition) is 0. The van der Waals surface area contributed by atoms with E-state index < -0.39 is 0 Å². The average molecular weight is 373 g/mol. The molecule has 0 aromatic carbocycles. The molecule has 0 saturated heterocycles. The van der Waals surface area contributed by atoms with Gasteiger partial charge in [-0.3, -0.25) is 0 Å². The van der Waals surface area contributed by atoms with Crippen molar-refractivity contribution in [1.29, 1.82) is 0 Å². The van der Waals surface area contributed by atoms with Crippen LogP contribution in [0.25, 0.3) is 0 Å². The first-order chi connectivity index (χ1) is 9.39. The normalized spacial score (nSPS) is 24.5. The van der Waals surface area contributed by atoms with Gasteiger partial charge in [0, 0.05) is 0 Å². The van der Waals surface area contributed by atoms with Gasteiger partial charge < -0.3 is 0 Å². The molecule has 0 unspecified atom stereocenters. The molecule has 0 amide bonds. The third-order valence-corrected chi connectivity index (χ3v) is 6.05. The zero-order chi connectivity index (χ0) is 13.6. The van der Waals surface area contributed by atoms with Crippen LogP contribution in [0.1, 0.15) is 109 Å². The molecule has 1 fully saturated rings. The van der Waals surface area contributed by atoms with Crippen molar-refractivity contribution in [1.82, 2.24) is 0 Å². The molecule has 0 aromatic heterocycles. The zero-order valence-corrected chi connectivity index (χ0v) is 15.6. The van der Waals surface area contributed by atoms with Crippen molar-refractivity contribution in [3.63, 3.8) is 0 Å². The second-order valence-corrected chi connectivity index (χ2v) is 8.62.